The number of aromatic nitrogens is 3. The Bertz CT molecular complexity index is 935. The van der Waals surface area contributed by atoms with Gasteiger partial charge in [-0.1, -0.05) is 12.1 Å². The molecule has 8 N–H and O–H groups in total. The van der Waals surface area contributed by atoms with Gasteiger partial charge in [0, 0.05) is 12.6 Å². The van der Waals surface area contributed by atoms with E-state index in [1.165, 1.54) is 0 Å². The molecule has 0 fully saturated rings. The molecule has 0 bridgehead atoms. The van der Waals surface area contributed by atoms with Crippen LogP contribution in [0.25, 0.3) is 0 Å². The van der Waals surface area contributed by atoms with Crippen molar-refractivity contribution in [3.05, 3.63) is 65.0 Å². The van der Waals surface area contributed by atoms with Gasteiger partial charge in [0.2, 0.25) is 0 Å². The molecule has 0 aliphatic rings. The number of carboxylic acids is 1. The lowest BCUT2D eigenvalue weighted by molar-refractivity contribution is 0.0697. The highest BCUT2D eigenvalue weighted by atomic mass is 16.4. The summed E-state index contributed by atoms with van der Waals surface area (Å²) in [6.45, 7) is 0.531. The fourth-order valence-corrected chi connectivity index (χ4v) is 2.63. The average molecular weight is 353 g/mol. The summed E-state index contributed by atoms with van der Waals surface area (Å²) in [4.78, 5) is 14.9. The van der Waals surface area contributed by atoms with Crippen molar-refractivity contribution in [2.24, 2.45) is 5.84 Å². The maximum Gasteiger partial charge on any atom is 0.335 e. The maximum absolute atomic E-state index is 10.9. The molecule has 134 valence electrons. The first-order chi connectivity index (χ1) is 12.5. The number of hydrazine groups is 1. The Balaban J connectivity index is 1.74. The molecular formula is C17H19N7O2. The summed E-state index contributed by atoms with van der Waals surface area (Å²) in [5, 5.41) is 13.3. The topological polar surface area (TPSA) is 158 Å². The van der Waals surface area contributed by atoms with Crippen molar-refractivity contribution in [1.29, 1.82) is 0 Å². The lowest BCUT2D eigenvalue weighted by atomic mass is 10.1. The molecule has 1 aromatic carbocycles. The van der Waals surface area contributed by atoms with E-state index in [4.69, 9.17) is 22.4 Å². The quantitative estimate of drug-likeness (QED) is 0.325. The van der Waals surface area contributed by atoms with Gasteiger partial charge in [-0.3, -0.25) is 4.68 Å². The molecule has 0 saturated heterocycles. The Morgan fingerprint density at radius 3 is 2.58 bits per heavy atom. The van der Waals surface area contributed by atoms with Gasteiger partial charge in [-0.15, -0.1) is 0 Å². The molecule has 9 heteroatoms. The van der Waals surface area contributed by atoms with Crippen LogP contribution < -0.4 is 22.7 Å². The highest BCUT2D eigenvalue weighted by Gasteiger charge is 2.10. The number of pyridine rings is 1. The summed E-state index contributed by atoms with van der Waals surface area (Å²) >= 11 is 0. The molecule has 0 saturated carbocycles. The molecule has 0 radical (unpaired) electrons. The lowest BCUT2D eigenvalue weighted by Crippen LogP contribution is -2.13. The predicted octanol–water partition coefficient (Wildman–Crippen LogP) is 1.07. The number of aromatic carboxylic acids is 1. The summed E-state index contributed by atoms with van der Waals surface area (Å²) in [5.41, 5.74) is 17.7. The summed E-state index contributed by atoms with van der Waals surface area (Å²) in [6, 6.07) is 8.39. The third kappa shape index (κ3) is 3.73. The summed E-state index contributed by atoms with van der Waals surface area (Å²) in [5.74, 6) is 5.12. The SMILES string of the molecule is NNc1nc(N)cc(Cc2cnn(Cc3ccc(C(=O)O)cc3)c2)c1N. The van der Waals surface area contributed by atoms with E-state index in [0.29, 0.717) is 30.3 Å². The highest BCUT2D eigenvalue weighted by Crippen LogP contribution is 2.24. The second-order valence-electron chi connectivity index (χ2n) is 5.84. The molecule has 0 unspecified atom stereocenters. The number of anilines is 3. The van der Waals surface area contributed by atoms with Crippen LogP contribution in [0.2, 0.25) is 0 Å². The van der Waals surface area contributed by atoms with Crippen LogP contribution in [0.3, 0.4) is 0 Å². The van der Waals surface area contributed by atoms with Gasteiger partial charge in [-0.25, -0.2) is 15.6 Å². The third-order valence-corrected chi connectivity index (χ3v) is 3.93. The number of hydrogen-bond donors (Lipinski definition) is 5. The zero-order chi connectivity index (χ0) is 18.7. The molecular weight excluding hydrogens is 334 g/mol. The predicted molar refractivity (Wildman–Crippen MR) is 98.4 cm³/mol. The number of benzene rings is 1. The van der Waals surface area contributed by atoms with Gasteiger partial charge in [0.1, 0.15) is 5.82 Å². The minimum Gasteiger partial charge on any atom is -0.478 e. The van der Waals surface area contributed by atoms with E-state index in [1.807, 2.05) is 6.20 Å². The third-order valence-electron chi connectivity index (χ3n) is 3.93. The van der Waals surface area contributed by atoms with Gasteiger partial charge in [0.15, 0.2) is 5.82 Å². The van der Waals surface area contributed by atoms with Crippen molar-refractivity contribution >= 4 is 23.3 Å². The average Bonchev–Trinajstić information content (AvgIpc) is 3.05. The molecule has 3 aromatic rings. The Kier molecular flexibility index (Phi) is 4.72. The van der Waals surface area contributed by atoms with Crippen molar-refractivity contribution in [1.82, 2.24) is 14.8 Å². The number of carbonyl (C=O) groups is 1. The van der Waals surface area contributed by atoms with Gasteiger partial charge >= 0.3 is 5.97 Å². The van der Waals surface area contributed by atoms with Crippen LogP contribution in [-0.4, -0.2) is 25.8 Å². The molecule has 2 heterocycles. The van der Waals surface area contributed by atoms with E-state index in [1.54, 1.807) is 41.2 Å². The minimum atomic E-state index is -0.946. The van der Waals surface area contributed by atoms with Crippen LogP contribution in [0, 0.1) is 0 Å². The molecule has 0 atom stereocenters. The molecule has 3 rings (SSSR count). The van der Waals surface area contributed by atoms with Gasteiger partial charge in [0.25, 0.3) is 0 Å². The minimum absolute atomic E-state index is 0.255. The van der Waals surface area contributed by atoms with Gasteiger partial charge < -0.3 is 22.0 Å². The normalized spacial score (nSPS) is 10.7. The van der Waals surface area contributed by atoms with Crippen LogP contribution in [0.4, 0.5) is 17.3 Å². The summed E-state index contributed by atoms with van der Waals surface area (Å²) in [7, 11) is 0. The van der Waals surface area contributed by atoms with E-state index >= 15 is 0 Å². The standard InChI is InChI=1S/C17H19N7O2/c18-14-6-13(15(19)16(22-14)23-20)5-11-7-21-24(9-11)8-10-1-3-12(4-2-10)17(25)26/h1-4,6-7,9H,5,8,19-20H2,(H,25,26)(H3,18,22,23). The molecule has 0 spiro atoms. The van der Waals surface area contributed by atoms with Crippen molar-refractivity contribution in [2.45, 2.75) is 13.0 Å². The number of nitrogens with one attached hydrogen (secondary N) is 1. The number of rotatable bonds is 6. The largest absolute Gasteiger partial charge is 0.478 e. The lowest BCUT2D eigenvalue weighted by Gasteiger charge is -2.10. The van der Waals surface area contributed by atoms with Crippen molar-refractivity contribution in [3.8, 4) is 0 Å². The van der Waals surface area contributed by atoms with Crippen molar-refractivity contribution < 1.29 is 9.90 Å². The molecule has 9 nitrogen and oxygen atoms in total. The van der Waals surface area contributed by atoms with Gasteiger partial charge in [-0.2, -0.15) is 5.10 Å². The van der Waals surface area contributed by atoms with Crippen LogP contribution in [0.15, 0.2) is 42.7 Å². The van der Waals surface area contributed by atoms with Crippen LogP contribution in [-0.2, 0) is 13.0 Å². The van der Waals surface area contributed by atoms with E-state index in [9.17, 15) is 4.79 Å². The molecule has 0 aliphatic heterocycles. The molecule has 0 amide bonds. The number of nitrogens with two attached hydrogens (primary N) is 3. The Morgan fingerprint density at radius 2 is 1.92 bits per heavy atom. The van der Waals surface area contributed by atoms with E-state index in [0.717, 1.165) is 16.7 Å². The number of carboxylic acid groups (broad SMARTS) is 1. The second-order valence-corrected chi connectivity index (χ2v) is 5.84. The first kappa shape index (κ1) is 17.2. The van der Waals surface area contributed by atoms with Crippen LogP contribution in [0.1, 0.15) is 27.0 Å². The first-order valence-corrected chi connectivity index (χ1v) is 7.81. The smallest absolute Gasteiger partial charge is 0.335 e. The van der Waals surface area contributed by atoms with E-state index in [2.05, 4.69) is 15.5 Å². The summed E-state index contributed by atoms with van der Waals surface area (Å²) in [6.07, 6.45) is 4.18. The first-order valence-electron chi connectivity index (χ1n) is 7.81. The maximum atomic E-state index is 10.9. The number of nitrogen functional groups attached to an aromatic ring is 3. The van der Waals surface area contributed by atoms with Gasteiger partial charge in [0.05, 0.1) is 24.0 Å². The number of hydrogen-bond acceptors (Lipinski definition) is 7. The Morgan fingerprint density at radius 1 is 1.19 bits per heavy atom. The Hall–Kier alpha value is -3.59. The molecule has 26 heavy (non-hydrogen) atoms. The zero-order valence-electron chi connectivity index (χ0n) is 13.9. The summed E-state index contributed by atoms with van der Waals surface area (Å²) < 4.78 is 1.77. The van der Waals surface area contributed by atoms with Gasteiger partial charge in [-0.05, 0) is 34.9 Å². The monoisotopic (exact) mass is 353 g/mol. The second kappa shape index (κ2) is 7.11. The zero-order valence-corrected chi connectivity index (χ0v) is 13.9. The fourth-order valence-electron chi connectivity index (χ4n) is 2.63. The van der Waals surface area contributed by atoms with E-state index < -0.39 is 5.97 Å². The van der Waals surface area contributed by atoms with E-state index in [-0.39, 0.29) is 5.56 Å². The fraction of sp³-hybridized carbons (Fsp3) is 0.118. The van der Waals surface area contributed by atoms with Crippen LogP contribution in [0.5, 0.6) is 0 Å². The highest BCUT2D eigenvalue weighted by molar-refractivity contribution is 5.87. The number of nitrogens with zero attached hydrogens (tertiary/aromatic N) is 3. The Labute approximate surface area is 149 Å². The van der Waals surface area contributed by atoms with Crippen LogP contribution >= 0.6 is 0 Å². The van der Waals surface area contributed by atoms with Crippen molar-refractivity contribution in [2.75, 3.05) is 16.9 Å². The molecule has 0 aliphatic carbocycles. The molecule has 2 aromatic heterocycles. The van der Waals surface area contributed by atoms with Crippen molar-refractivity contribution in [3.63, 3.8) is 0 Å².